The monoisotopic (exact) mass is 262 g/mol. The van der Waals surface area contributed by atoms with Crippen LogP contribution >= 0.6 is 0 Å². The van der Waals surface area contributed by atoms with Gasteiger partial charge in [0, 0.05) is 12.7 Å². The fourth-order valence-corrected chi connectivity index (χ4v) is 1.19. The molecule has 1 heterocycles. The molecule has 0 aliphatic rings. The molecule has 0 saturated heterocycles. The first-order chi connectivity index (χ1) is 9.08. The third kappa shape index (κ3) is 6.92. The van der Waals surface area contributed by atoms with Gasteiger partial charge in [0.15, 0.2) is 0 Å². The highest BCUT2D eigenvalue weighted by Gasteiger charge is 2.08. The number of nitrogens with one attached hydrogen (secondary N) is 2. The lowest BCUT2D eigenvalue weighted by molar-refractivity contribution is -0.129. The van der Waals surface area contributed by atoms with Gasteiger partial charge in [-0.1, -0.05) is 19.9 Å². The number of amides is 2. The maximum atomic E-state index is 11.4. The highest BCUT2D eigenvalue weighted by atomic mass is 16.2. The first kappa shape index (κ1) is 14.8. The van der Waals surface area contributed by atoms with Gasteiger partial charge in [-0.15, -0.1) is 0 Å². The van der Waals surface area contributed by atoms with Crippen LogP contribution in [0, 0.1) is 5.92 Å². The molecular formula is C13H18N4O2. The molecule has 6 heteroatoms. The zero-order chi connectivity index (χ0) is 14.1. The largest absolute Gasteiger partial charge is 0.355 e. The Kier molecular flexibility index (Phi) is 6.21. The van der Waals surface area contributed by atoms with E-state index in [1.54, 1.807) is 18.3 Å². The van der Waals surface area contributed by atoms with Crippen LogP contribution < -0.4 is 10.7 Å². The summed E-state index contributed by atoms with van der Waals surface area (Å²) in [6, 6.07) is 5.36. The maximum absolute atomic E-state index is 11.4. The van der Waals surface area contributed by atoms with Gasteiger partial charge in [0.25, 0.3) is 0 Å². The van der Waals surface area contributed by atoms with E-state index in [9.17, 15) is 9.59 Å². The Morgan fingerprint density at radius 3 is 2.79 bits per heavy atom. The van der Waals surface area contributed by atoms with E-state index in [4.69, 9.17) is 0 Å². The highest BCUT2D eigenvalue weighted by molar-refractivity contribution is 5.97. The Bertz CT molecular complexity index is 443. The van der Waals surface area contributed by atoms with Crippen molar-refractivity contribution >= 4 is 18.0 Å². The van der Waals surface area contributed by atoms with Gasteiger partial charge in [-0.2, -0.15) is 5.10 Å². The van der Waals surface area contributed by atoms with Crippen molar-refractivity contribution in [3.05, 3.63) is 30.1 Å². The molecule has 0 atom stereocenters. The lowest BCUT2D eigenvalue weighted by Gasteiger charge is -2.06. The minimum Gasteiger partial charge on any atom is -0.355 e. The molecule has 0 radical (unpaired) electrons. The Hall–Kier alpha value is -2.24. The van der Waals surface area contributed by atoms with E-state index >= 15 is 0 Å². The van der Waals surface area contributed by atoms with Gasteiger partial charge >= 0.3 is 0 Å². The Morgan fingerprint density at radius 1 is 1.37 bits per heavy atom. The van der Waals surface area contributed by atoms with Crippen molar-refractivity contribution < 1.29 is 9.59 Å². The lowest BCUT2D eigenvalue weighted by atomic mass is 10.2. The zero-order valence-corrected chi connectivity index (χ0v) is 11.1. The van der Waals surface area contributed by atoms with Crippen molar-refractivity contribution in [1.82, 2.24) is 15.7 Å². The van der Waals surface area contributed by atoms with E-state index in [0.29, 0.717) is 18.2 Å². The van der Waals surface area contributed by atoms with Gasteiger partial charge < -0.3 is 5.32 Å². The van der Waals surface area contributed by atoms with Crippen molar-refractivity contribution in [2.24, 2.45) is 11.0 Å². The first-order valence-electron chi connectivity index (χ1n) is 6.07. The number of nitrogens with zero attached hydrogens (tertiary/aromatic N) is 2. The van der Waals surface area contributed by atoms with Crippen molar-refractivity contribution in [2.75, 3.05) is 6.54 Å². The van der Waals surface area contributed by atoms with Crippen molar-refractivity contribution in [3.8, 4) is 0 Å². The standard InChI is InChI=1S/C13H18N4O2/c1-10(2)8-15-12(18)7-13(19)17-16-9-11-5-3-4-6-14-11/h3-6,9-10H,7-8H2,1-2H3,(H,15,18)(H,17,19)/b16-9-. The summed E-state index contributed by atoms with van der Waals surface area (Å²) in [7, 11) is 0. The van der Waals surface area contributed by atoms with Gasteiger partial charge in [-0.3, -0.25) is 14.6 Å². The minimum absolute atomic E-state index is 0.230. The minimum atomic E-state index is -0.451. The van der Waals surface area contributed by atoms with Crippen LogP contribution in [0.3, 0.4) is 0 Å². The Morgan fingerprint density at radius 2 is 2.16 bits per heavy atom. The van der Waals surface area contributed by atoms with Crippen molar-refractivity contribution in [1.29, 1.82) is 0 Å². The second kappa shape index (κ2) is 7.97. The van der Waals surface area contributed by atoms with E-state index in [0.717, 1.165) is 0 Å². The number of rotatable bonds is 6. The van der Waals surface area contributed by atoms with E-state index < -0.39 is 5.91 Å². The number of hydrazone groups is 1. The third-order valence-corrected chi connectivity index (χ3v) is 2.10. The van der Waals surface area contributed by atoms with Gasteiger partial charge in [0.2, 0.25) is 11.8 Å². The average Bonchev–Trinajstić information content (AvgIpc) is 2.37. The topological polar surface area (TPSA) is 83.5 Å². The third-order valence-electron chi connectivity index (χ3n) is 2.10. The van der Waals surface area contributed by atoms with Crippen LogP contribution in [0.2, 0.25) is 0 Å². The molecule has 1 aromatic heterocycles. The lowest BCUT2D eigenvalue weighted by Crippen LogP contribution is -2.32. The summed E-state index contributed by atoms with van der Waals surface area (Å²) >= 11 is 0. The summed E-state index contributed by atoms with van der Waals surface area (Å²) in [5, 5.41) is 6.38. The molecule has 2 amide bonds. The molecule has 0 saturated carbocycles. The first-order valence-corrected chi connectivity index (χ1v) is 6.07. The molecule has 1 aromatic rings. The van der Waals surface area contributed by atoms with Crippen molar-refractivity contribution in [3.63, 3.8) is 0 Å². The highest BCUT2D eigenvalue weighted by Crippen LogP contribution is 1.89. The number of aromatic nitrogens is 1. The number of hydrogen-bond donors (Lipinski definition) is 2. The maximum Gasteiger partial charge on any atom is 0.249 e. The second-order valence-electron chi connectivity index (χ2n) is 4.42. The van der Waals surface area contributed by atoms with Crippen LogP contribution in [0.25, 0.3) is 0 Å². The normalized spacial score (nSPS) is 10.7. The molecule has 1 rings (SSSR count). The average molecular weight is 262 g/mol. The molecule has 0 fully saturated rings. The molecule has 6 nitrogen and oxygen atoms in total. The SMILES string of the molecule is CC(C)CNC(=O)CC(=O)N/N=C\c1ccccn1. The van der Waals surface area contributed by atoms with Gasteiger partial charge in [0.1, 0.15) is 6.42 Å². The molecule has 0 aromatic carbocycles. The van der Waals surface area contributed by atoms with Crippen LogP contribution in [-0.2, 0) is 9.59 Å². The van der Waals surface area contributed by atoms with Crippen LogP contribution in [0.4, 0.5) is 0 Å². The summed E-state index contributed by atoms with van der Waals surface area (Å²) < 4.78 is 0. The van der Waals surface area contributed by atoms with Gasteiger partial charge in [0.05, 0.1) is 11.9 Å². The second-order valence-corrected chi connectivity index (χ2v) is 4.42. The summed E-state index contributed by atoms with van der Waals surface area (Å²) in [5.74, 6) is -0.401. The fraction of sp³-hybridized carbons (Fsp3) is 0.385. The summed E-state index contributed by atoms with van der Waals surface area (Å²) in [6.45, 7) is 4.53. The van der Waals surface area contributed by atoms with Crippen LogP contribution in [0.15, 0.2) is 29.5 Å². The molecule has 0 spiro atoms. The predicted molar refractivity (Wildman–Crippen MR) is 72.4 cm³/mol. The van der Waals surface area contributed by atoms with Crippen molar-refractivity contribution in [2.45, 2.75) is 20.3 Å². The molecule has 0 bridgehead atoms. The zero-order valence-electron chi connectivity index (χ0n) is 11.1. The fourth-order valence-electron chi connectivity index (χ4n) is 1.19. The van der Waals surface area contributed by atoms with Gasteiger partial charge in [-0.05, 0) is 18.1 Å². The number of hydrogen-bond acceptors (Lipinski definition) is 4. The van der Waals surface area contributed by atoms with Crippen LogP contribution in [-0.4, -0.2) is 29.6 Å². The van der Waals surface area contributed by atoms with E-state index in [1.165, 1.54) is 6.21 Å². The van der Waals surface area contributed by atoms with Crippen LogP contribution in [0.1, 0.15) is 26.0 Å². The smallest absolute Gasteiger partial charge is 0.249 e. The molecular weight excluding hydrogens is 244 g/mol. The molecule has 102 valence electrons. The van der Waals surface area contributed by atoms with Crippen LogP contribution in [0.5, 0.6) is 0 Å². The van der Waals surface area contributed by atoms with E-state index in [-0.39, 0.29) is 12.3 Å². The molecule has 0 unspecified atom stereocenters. The number of carbonyl (C=O) groups is 2. The van der Waals surface area contributed by atoms with E-state index in [2.05, 4.69) is 20.8 Å². The molecule has 19 heavy (non-hydrogen) atoms. The molecule has 0 aliphatic carbocycles. The summed E-state index contributed by atoms with van der Waals surface area (Å²) in [4.78, 5) is 26.7. The van der Waals surface area contributed by atoms with Gasteiger partial charge in [-0.25, -0.2) is 5.43 Å². The number of pyridine rings is 1. The molecule has 0 aliphatic heterocycles. The Labute approximate surface area is 112 Å². The Balaban J connectivity index is 2.28. The quantitative estimate of drug-likeness (QED) is 0.449. The summed E-state index contributed by atoms with van der Waals surface area (Å²) in [6.07, 6.45) is 2.82. The van der Waals surface area contributed by atoms with E-state index in [1.807, 2.05) is 19.9 Å². The number of carbonyl (C=O) groups excluding carboxylic acids is 2. The summed E-state index contributed by atoms with van der Waals surface area (Å²) in [5.41, 5.74) is 2.91. The predicted octanol–water partition coefficient (Wildman–Crippen LogP) is 0.694. The molecule has 2 N–H and O–H groups in total.